The Morgan fingerprint density at radius 3 is 2.95 bits per heavy atom. The van der Waals surface area contributed by atoms with Crippen LogP contribution < -0.4 is 15.4 Å². The summed E-state index contributed by atoms with van der Waals surface area (Å²) in [5, 5.41) is 6.87. The van der Waals surface area contributed by atoms with Crippen molar-refractivity contribution in [3.05, 3.63) is 23.2 Å². The third-order valence-corrected chi connectivity index (χ3v) is 4.28. The number of hydrogen-bond acceptors (Lipinski definition) is 3. The minimum atomic E-state index is -0.342. The number of rotatable bonds is 4. The molecule has 5 heteroatoms. The largest absolute Gasteiger partial charge is 0.495 e. The van der Waals surface area contributed by atoms with Crippen LogP contribution in [0.3, 0.4) is 0 Å². The molecule has 110 valence electrons. The molecule has 1 aromatic carbocycles. The van der Waals surface area contributed by atoms with E-state index in [0.29, 0.717) is 16.5 Å². The molecule has 2 rings (SSSR count). The number of nitrogens with one attached hydrogen (secondary N) is 2. The van der Waals surface area contributed by atoms with Gasteiger partial charge < -0.3 is 15.4 Å². The van der Waals surface area contributed by atoms with Crippen molar-refractivity contribution in [1.29, 1.82) is 0 Å². The number of methoxy groups -OCH3 is 1. The fourth-order valence-electron chi connectivity index (χ4n) is 2.66. The van der Waals surface area contributed by atoms with E-state index in [1.165, 1.54) is 0 Å². The number of hydrogen-bond donors (Lipinski definition) is 2. The first kappa shape index (κ1) is 15.1. The van der Waals surface area contributed by atoms with E-state index in [1.807, 2.05) is 0 Å². The maximum atomic E-state index is 12.7. The van der Waals surface area contributed by atoms with Crippen LogP contribution in [-0.4, -0.2) is 26.1 Å². The Bertz CT molecular complexity index is 485. The van der Waals surface area contributed by atoms with Gasteiger partial charge in [-0.15, -0.1) is 0 Å². The molecule has 0 radical (unpaired) electrons. The summed E-state index contributed by atoms with van der Waals surface area (Å²) in [4.78, 5) is 12.7. The lowest BCUT2D eigenvalue weighted by Gasteiger charge is -2.35. The summed E-state index contributed by atoms with van der Waals surface area (Å²) < 4.78 is 5.27. The molecule has 2 N–H and O–H groups in total. The van der Waals surface area contributed by atoms with E-state index in [2.05, 4.69) is 17.6 Å². The molecule has 0 saturated carbocycles. The number of anilines is 1. The molecule has 1 aliphatic heterocycles. The van der Waals surface area contributed by atoms with Gasteiger partial charge in [-0.1, -0.05) is 18.5 Å². The summed E-state index contributed by atoms with van der Waals surface area (Å²) in [5.74, 6) is 0.658. The van der Waals surface area contributed by atoms with Crippen molar-refractivity contribution in [3.63, 3.8) is 0 Å². The molecule has 0 aliphatic carbocycles. The second-order valence-electron chi connectivity index (χ2n) is 5.21. The number of amides is 1. The van der Waals surface area contributed by atoms with Crippen molar-refractivity contribution in [2.24, 2.45) is 5.41 Å². The summed E-state index contributed by atoms with van der Waals surface area (Å²) in [5.41, 5.74) is 0.286. The minimum absolute atomic E-state index is 0.0350. The predicted molar refractivity (Wildman–Crippen MR) is 81.5 cm³/mol. The summed E-state index contributed by atoms with van der Waals surface area (Å²) >= 11 is 5.99. The number of carbonyl (C=O) groups is 1. The molecule has 1 aromatic rings. The van der Waals surface area contributed by atoms with Crippen LogP contribution in [-0.2, 0) is 4.79 Å². The lowest BCUT2D eigenvalue weighted by atomic mass is 9.77. The topological polar surface area (TPSA) is 50.4 Å². The monoisotopic (exact) mass is 296 g/mol. The Hall–Kier alpha value is -1.26. The Labute approximate surface area is 124 Å². The molecular weight excluding hydrogens is 276 g/mol. The van der Waals surface area contributed by atoms with E-state index >= 15 is 0 Å². The molecule has 1 saturated heterocycles. The van der Waals surface area contributed by atoms with Crippen molar-refractivity contribution in [1.82, 2.24) is 5.32 Å². The Balaban J connectivity index is 2.20. The number of benzene rings is 1. The average molecular weight is 297 g/mol. The highest BCUT2D eigenvalue weighted by Gasteiger charge is 2.38. The summed E-state index contributed by atoms with van der Waals surface area (Å²) in [6, 6.07) is 5.22. The van der Waals surface area contributed by atoms with Crippen molar-refractivity contribution in [3.8, 4) is 5.75 Å². The van der Waals surface area contributed by atoms with Gasteiger partial charge in [0.1, 0.15) is 5.75 Å². The lowest BCUT2D eigenvalue weighted by Crippen LogP contribution is -2.47. The van der Waals surface area contributed by atoms with Crippen molar-refractivity contribution >= 4 is 23.2 Å². The highest BCUT2D eigenvalue weighted by molar-refractivity contribution is 6.31. The summed E-state index contributed by atoms with van der Waals surface area (Å²) in [7, 11) is 1.58. The van der Waals surface area contributed by atoms with Crippen LogP contribution in [0.25, 0.3) is 0 Å². The highest BCUT2D eigenvalue weighted by Crippen LogP contribution is 2.34. The SMILES string of the molecule is CCC1(C(=O)Nc2cc(Cl)ccc2OC)CCCNC1. The third kappa shape index (κ3) is 3.07. The van der Waals surface area contributed by atoms with Gasteiger partial charge in [-0.05, 0) is 44.0 Å². The van der Waals surface area contributed by atoms with E-state index in [1.54, 1.807) is 25.3 Å². The maximum absolute atomic E-state index is 12.7. The molecule has 1 atom stereocenters. The number of halogens is 1. The van der Waals surface area contributed by atoms with Gasteiger partial charge in [0.2, 0.25) is 5.91 Å². The number of carbonyl (C=O) groups excluding carboxylic acids is 1. The van der Waals surface area contributed by atoms with Gasteiger partial charge in [-0.25, -0.2) is 0 Å². The molecule has 1 unspecified atom stereocenters. The van der Waals surface area contributed by atoms with Gasteiger partial charge in [0, 0.05) is 11.6 Å². The van der Waals surface area contributed by atoms with Gasteiger partial charge in [-0.2, -0.15) is 0 Å². The number of piperidine rings is 1. The number of ether oxygens (including phenoxy) is 1. The second-order valence-corrected chi connectivity index (χ2v) is 5.65. The first-order valence-electron chi connectivity index (χ1n) is 6.97. The first-order chi connectivity index (χ1) is 9.61. The second kappa shape index (κ2) is 6.46. The van der Waals surface area contributed by atoms with E-state index in [9.17, 15) is 4.79 Å². The fraction of sp³-hybridized carbons (Fsp3) is 0.533. The van der Waals surface area contributed by atoms with Crippen LogP contribution in [0.2, 0.25) is 5.02 Å². The summed E-state index contributed by atoms with van der Waals surface area (Å²) in [6.45, 7) is 3.76. The van der Waals surface area contributed by atoms with Gasteiger partial charge in [0.25, 0.3) is 0 Å². The molecule has 0 bridgehead atoms. The molecule has 0 spiro atoms. The Morgan fingerprint density at radius 1 is 1.55 bits per heavy atom. The van der Waals surface area contributed by atoms with Crippen LogP contribution in [0.15, 0.2) is 18.2 Å². The quantitative estimate of drug-likeness (QED) is 0.898. The zero-order chi connectivity index (χ0) is 14.6. The van der Waals surface area contributed by atoms with Crippen LogP contribution in [0.1, 0.15) is 26.2 Å². The highest BCUT2D eigenvalue weighted by atomic mass is 35.5. The van der Waals surface area contributed by atoms with E-state index in [0.717, 1.165) is 32.4 Å². The van der Waals surface area contributed by atoms with E-state index in [-0.39, 0.29) is 11.3 Å². The van der Waals surface area contributed by atoms with E-state index < -0.39 is 0 Å². The normalized spacial score (nSPS) is 22.4. The zero-order valence-corrected chi connectivity index (χ0v) is 12.7. The molecular formula is C15H21ClN2O2. The van der Waals surface area contributed by atoms with Crippen molar-refractivity contribution < 1.29 is 9.53 Å². The van der Waals surface area contributed by atoms with Crippen LogP contribution in [0.4, 0.5) is 5.69 Å². The molecule has 20 heavy (non-hydrogen) atoms. The van der Waals surface area contributed by atoms with Crippen LogP contribution in [0, 0.1) is 5.41 Å². The summed E-state index contributed by atoms with van der Waals surface area (Å²) in [6.07, 6.45) is 2.74. The molecule has 4 nitrogen and oxygen atoms in total. The predicted octanol–water partition coefficient (Wildman–Crippen LogP) is 3.07. The standard InChI is InChI=1S/C15H21ClN2O2/c1-3-15(7-4-8-17-10-15)14(19)18-12-9-11(16)5-6-13(12)20-2/h5-6,9,17H,3-4,7-8,10H2,1-2H3,(H,18,19). The minimum Gasteiger partial charge on any atom is -0.495 e. The average Bonchev–Trinajstić information content (AvgIpc) is 2.48. The Morgan fingerprint density at radius 2 is 2.35 bits per heavy atom. The maximum Gasteiger partial charge on any atom is 0.231 e. The molecule has 1 amide bonds. The molecule has 1 heterocycles. The van der Waals surface area contributed by atoms with Crippen LogP contribution in [0.5, 0.6) is 5.75 Å². The smallest absolute Gasteiger partial charge is 0.231 e. The Kier molecular flexibility index (Phi) is 4.89. The third-order valence-electron chi connectivity index (χ3n) is 4.04. The van der Waals surface area contributed by atoms with E-state index in [4.69, 9.17) is 16.3 Å². The van der Waals surface area contributed by atoms with Gasteiger partial charge in [0.15, 0.2) is 0 Å². The van der Waals surface area contributed by atoms with Crippen LogP contribution >= 0.6 is 11.6 Å². The van der Waals surface area contributed by atoms with Crippen molar-refractivity contribution in [2.75, 3.05) is 25.5 Å². The van der Waals surface area contributed by atoms with Gasteiger partial charge >= 0.3 is 0 Å². The lowest BCUT2D eigenvalue weighted by molar-refractivity contribution is -0.126. The first-order valence-corrected chi connectivity index (χ1v) is 7.35. The molecule has 1 fully saturated rings. The fourth-order valence-corrected chi connectivity index (χ4v) is 2.83. The zero-order valence-electron chi connectivity index (χ0n) is 12.0. The molecule has 0 aromatic heterocycles. The van der Waals surface area contributed by atoms with Gasteiger partial charge in [0.05, 0.1) is 18.2 Å². The van der Waals surface area contributed by atoms with Gasteiger partial charge in [-0.3, -0.25) is 4.79 Å². The molecule has 1 aliphatic rings. The van der Waals surface area contributed by atoms with Crippen molar-refractivity contribution in [2.45, 2.75) is 26.2 Å².